The van der Waals surface area contributed by atoms with Gasteiger partial charge in [-0.3, -0.25) is 4.79 Å². The molecule has 2 heterocycles. The molecule has 7 heteroatoms. The van der Waals surface area contributed by atoms with Gasteiger partial charge in [-0.25, -0.2) is 0 Å². The Morgan fingerprint density at radius 1 is 1.25 bits per heavy atom. The molecule has 6 nitrogen and oxygen atoms in total. The molecular formula is C17H25N5OS. The number of fused-ring (bicyclic) bond motifs is 1. The minimum atomic E-state index is -0.675. The normalized spacial score (nSPS) is 21.2. The van der Waals surface area contributed by atoms with Crippen molar-refractivity contribution in [1.29, 1.82) is 5.26 Å². The standard InChI is InChI=1S/C17H25N5OS/c1-13(15(23)19-17(12-18)9-5-3-6-10-17)24-16-21-20-14-8-4-2-7-11-22(14)16/h13H,2-11H2,1H3,(H,19,23)/t13-/m0/s1. The lowest BCUT2D eigenvalue weighted by Crippen LogP contribution is -2.51. The number of aromatic nitrogens is 3. The number of nitrogens with one attached hydrogen (secondary N) is 1. The van der Waals surface area contributed by atoms with Gasteiger partial charge in [0.05, 0.1) is 11.3 Å². The van der Waals surface area contributed by atoms with Crippen LogP contribution in [0.3, 0.4) is 0 Å². The molecule has 1 aromatic rings. The molecule has 1 amide bonds. The zero-order chi connectivity index (χ0) is 17.0. The predicted octanol–water partition coefficient (Wildman–Crippen LogP) is 2.83. The third-order valence-electron chi connectivity index (χ3n) is 5.01. The second-order valence-electron chi connectivity index (χ2n) is 6.87. The molecule has 2 aliphatic rings. The van der Waals surface area contributed by atoms with Crippen LogP contribution in [0.5, 0.6) is 0 Å². The number of nitriles is 1. The first-order valence-corrected chi connectivity index (χ1v) is 9.83. The minimum Gasteiger partial charge on any atom is -0.337 e. The molecule has 0 saturated heterocycles. The van der Waals surface area contributed by atoms with E-state index in [0.717, 1.165) is 68.9 Å². The first-order chi connectivity index (χ1) is 11.6. The summed E-state index contributed by atoms with van der Waals surface area (Å²) >= 11 is 1.45. The molecule has 0 bridgehead atoms. The molecule has 0 spiro atoms. The van der Waals surface area contributed by atoms with E-state index in [1.807, 2.05) is 6.92 Å². The highest BCUT2D eigenvalue weighted by molar-refractivity contribution is 8.00. The van der Waals surface area contributed by atoms with Gasteiger partial charge in [0, 0.05) is 13.0 Å². The Hall–Kier alpha value is -1.55. The lowest BCUT2D eigenvalue weighted by Gasteiger charge is -2.32. The quantitative estimate of drug-likeness (QED) is 0.847. The second-order valence-corrected chi connectivity index (χ2v) is 8.17. The third kappa shape index (κ3) is 3.75. The average Bonchev–Trinajstić information content (AvgIpc) is 2.82. The van der Waals surface area contributed by atoms with Gasteiger partial charge in [-0.1, -0.05) is 37.4 Å². The van der Waals surface area contributed by atoms with Gasteiger partial charge in [0.1, 0.15) is 11.4 Å². The van der Waals surface area contributed by atoms with Gasteiger partial charge in [0.25, 0.3) is 0 Å². The highest BCUT2D eigenvalue weighted by Gasteiger charge is 2.35. The Kier molecular flexibility index (Phi) is 5.44. The number of amides is 1. The number of aryl methyl sites for hydroxylation is 1. The predicted molar refractivity (Wildman–Crippen MR) is 92.5 cm³/mol. The monoisotopic (exact) mass is 347 g/mol. The minimum absolute atomic E-state index is 0.0746. The number of rotatable bonds is 4. The maximum atomic E-state index is 12.6. The van der Waals surface area contributed by atoms with E-state index in [1.165, 1.54) is 18.2 Å². The second kappa shape index (κ2) is 7.56. The van der Waals surface area contributed by atoms with E-state index in [4.69, 9.17) is 0 Å². The fourth-order valence-electron chi connectivity index (χ4n) is 3.51. The molecule has 1 aliphatic heterocycles. The van der Waals surface area contributed by atoms with Crippen molar-refractivity contribution in [2.75, 3.05) is 0 Å². The zero-order valence-electron chi connectivity index (χ0n) is 14.3. The van der Waals surface area contributed by atoms with Gasteiger partial charge in [-0.15, -0.1) is 10.2 Å². The van der Waals surface area contributed by atoms with Gasteiger partial charge < -0.3 is 9.88 Å². The van der Waals surface area contributed by atoms with Crippen LogP contribution in [-0.2, 0) is 17.8 Å². The van der Waals surface area contributed by atoms with E-state index >= 15 is 0 Å². The van der Waals surface area contributed by atoms with Crippen LogP contribution in [0.4, 0.5) is 0 Å². The van der Waals surface area contributed by atoms with E-state index in [0.29, 0.717) is 0 Å². The van der Waals surface area contributed by atoms with Gasteiger partial charge >= 0.3 is 0 Å². The van der Waals surface area contributed by atoms with Crippen LogP contribution in [-0.4, -0.2) is 31.5 Å². The SMILES string of the molecule is C[C@H](Sc1nnc2n1CCCCC2)C(=O)NC1(C#N)CCCCC1. The Balaban J connectivity index is 1.64. The lowest BCUT2D eigenvalue weighted by molar-refractivity contribution is -0.121. The molecule has 1 aliphatic carbocycles. The Morgan fingerprint density at radius 3 is 2.75 bits per heavy atom. The Labute approximate surface area is 147 Å². The van der Waals surface area contributed by atoms with E-state index in [9.17, 15) is 10.1 Å². The molecule has 0 aromatic carbocycles. The largest absolute Gasteiger partial charge is 0.337 e. The fourth-order valence-corrected chi connectivity index (χ4v) is 4.41. The molecule has 0 unspecified atom stereocenters. The van der Waals surface area contributed by atoms with Gasteiger partial charge in [0.2, 0.25) is 5.91 Å². The molecule has 0 radical (unpaired) electrons. The van der Waals surface area contributed by atoms with E-state index in [2.05, 4.69) is 26.2 Å². The van der Waals surface area contributed by atoms with Crippen LogP contribution in [0.2, 0.25) is 0 Å². The van der Waals surface area contributed by atoms with E-state index in [-0.39, 0.29) is 11.2 Å². The van der Waals surface area contributed by atoms with Crippen LogP contribution in [0.25, 0.3) is 0 Å². The zero-order valence-corrected chi connectivity index (χ0v) is 15.1. The molecule has 1 N–H and O–H groups in total. The van der Waals surface area contributed by atoms with Crippen molar-refractivity contribution in [3.05, 3.63) is 5.82 Å². The highest BCUT2D eigenvalue weighted by Crippen LogP contribution is 2.29. The average molecular weight is 347 g/mol. The van der Waals surface area contributed by atoms with Crippen LogP contribution < -0.4 is 5.32 Å². The molecule has 130 valence electrons. The van der Waals surface area contributed by atoms with Crippen molar-refractivity contribution in [2.45, 2.75) is 87.2 Å². The van der Waals surface area contributed by atoms with Gasteiger partial charge in [-0.05, 0) is 32.6 Å². The van der Waals surface area contributed by atoms with E-state index in [1.54, 1.807) is 0 Å². The van der Waals surface area contributed by atoms with Crippen LogP contribution in [0.15, 0.2) is 5.16 Å². The summed E-state index contributed by atoms with van der Waals surface area (Å²) in [6.07, 6.45) is 9.15. The molecular weight excluding hydrogens is 322 g/mol. The third-order valence-corrected chi connectivity index (χ3v) is 6.09. The molecule has 1 saturated carbocycles. The van der Waals surface area contributed by atoms with Crippen molar-refractivity contribution < 1.29 is 4.79 Å². The van der Waals surface area contributed by atoms with Crippen molar-refractivity contribution in [1.82, 2.24) is 20.1 Å². The van der Waals surface area contributed by atoms with Gasteiger partial charge in [0.15, 0.2) is 5.16 Å². The summed E-state index contributed by atoms with van der Waals surface area (Å²) in [5.41, 5.74) is -0.675. The van der Waals surface area contributed by atoms with Gasteiger partial charge in [-0.2, -0.15) is 5.26 Å². The van der Waals surface area contributed by atoms with Crippen LogP contribution in [0, 0.1) is 11.3 Å². The first-order valence-electron chi connectivity index (χ1n) is 8.95. The summed E-state index contributed by atoms with van der Waals surface area (Å²) in [4.78, 5) is 12.6. The number of thioether (sulfide) groups is 1. The van der Waals surface area contributed by atoms with Crippen molar-refractivity contribution in [2.24, 2.45) is 0 Å². The molecule has 1 fully saturated rings. The molecule has 1 aromatic heterocycles. The number of carbonyl (C=O) groups is 1. The Morgan fingerprint density at radius 2 is 2.00 bits per heavy atom. The summed E-state index contributed by atoms with van der Waals surface area (Å²) in [5.74, 6) is 0.956. The fraction of sp³-hybridized carbons (Fsp3) is 0.765. The topological polar surface area (TPSA) is 83.6 Å². The van der Waals surface area contributed by atoms with E-state index < -0.39 is 5.54 Å². The van der Waals surface area contributed by atoms with Crippen LogP contribution >= 0.6 is 11.8 Å². The first kappa shape index (κ1) is 17.3. The molecule has 3 rings (SSSR count). The summed E-state index contributed by atoms with van der Waals surface area (Å²) < 4.78 is 2.15. The van der Waals surface area contributed by atoms with Crippen LogP contribution in [0.1, 0.15) is 64.1 Å². The number of hydrogen-bond acceptors (Lipinski definition) is 5. The molecule has 1 atom stereocenters. The smallest absolute Gasteiger partial charge is 0.234 e. The maximum absolute atomic E-state index is 12.6. The number of hydrogen-bond donors (Lipinski definition) is 1. The summed E-state index contributed by atoms with van der Waals surface area (Å²) in [6.45, 7) is 2.81. The van der Waals surface area contributed by atoms with Crippen molar-refractivity contribution >= 4 is 17.7 Å². The summed E-state index contributed by atoms with van der Waals surface area (Å²) in [6, 6.07) is 2.35. The maximum Gasteiger partial charge on any atom is 0.234 e. The number of nitrogens with zero attached hydrogens (tertiary/aromatic N) is 4. The van der Waals surface area contributed by atoms with Crippen molar-refractivity contribution in [3.8, 4) is 6.07 Å². The summed E-state index contributed by atoms with van der Waals surface area (Å²) in [7, 11) is 0. The Bertz CT molecular complexity index is 629. The van der Waals surface area contributed by atoms with Crippen molar-refractivity contribution in [3.63, 3.8) is 0 Å². The summed E-state index contributed by atoms with van der Waals surface area (Å²) in [5, 5.41) is 21.6. The lowest BCUT2D eigenvalue weighted by atomic mass is 9.83. The molecule has 24 heavy (non-hydrogen) atoms. The number of carbonyl (C=O) groups excluding carboxylic acids is 1. The highest BCUT2D eigenvalue weighted by atomic mass is 32.2.